The molecule has 1 amide bonds. The van der Waals surface area contributed by atoms with Gasteiger partial charge in [0.2, 0.25) is 15.9 Å². The number of amides is 1. The fourth-order valence-electron chi connectivity index (χ4n) is 3.18. The van der Waals surface area contributed by atoms with Crippen molar-refractivity contribution in [3.05, 3.63) is 58.6 Å². The molecule has 1 aliphatic rings. The van der Waals surface area contributed by atoms with Crippen LogP contribution in [0.1, 0.15) is 18.1 Å². The number of alkyl halides is 2. The molecular weight excluding hydrogens is 426 g/mol. The minimum absolute atomic E-state index is 0.102. The number of hydrogen-bond donors (Lipinski definition) is 1. The molecule has 0 bridgehead atoms. The molecule has 1 N–H and O–H groups in total. The van der Waals surface area contributed by atoms with E-state index < -0.39 is 28.6 Å². The number of hydrogen-bond acceptors (Lipinski definition) is 4. The van der Waals surface area contributed by atoms with Gasteiger partial charge in [-0.2, -0.15) is 13.1 Å². The standard InChI is InChI=1S/C19H19ClF2N2O4S/c1-2-29(26,27)24-11-13-6-4-3-5-12(13)9-16(24)18(25)23-14-7-8-17(15(20)10-14)28-19(21)22/h3-8,10,16,19H,2,9,11H2,1H3,(H,23,25). The summed E-state index contributed by atoms with van der Waals surface area (Å²) in [6.45, 7) is -1.40. The number of halogens is 3. The molecule has 0 spiro atoms. The number of nitrogens with zero attached hydrogens (tertiary/aromatic N) is 1. The predicted molar refractivity (Wildman–Crippen MR) is 106 cm³/mol. The highest BCUT2D eigenvalue weighted by Crippen LogP contribution is 2.30. The highest BCUT2D eigenvalue weighted by atomic mass is 35.5. The van der Waals surface area contributed by atoms with Crippen LogP contribution in [0.25, 0.3) is 0 Å². The summed E-state index contributed by atoms with van der Waals surface area (Å²) in [5.41, 5.74) is 1.99. The van der Waals surface area contributed by atoms with Crippen molar-refractivity contribution in [1.29, 1.82) is 0 Å². The summed E-state index contributed by atoms with van der Waals surface area (Å²) in [6.07, 6.45) is 0.224. The molecule has 1 atom stereocenters. The van der Waals surface area contributed by atoms with Gasteiger partial charge in [-0.15, -0.1) is 0 Å². The summed E-state index contributed by atoms with van der Waals surface area (Å²) in [5, 5.41) is 2.52. The molecule has 0 saturated heterocycles. The lowest BCUT2D eigenvalue weighted by Crippen LogP contribution is -2.51. The zero-order chi connectivity index (χ0) is 21.2. The van der Waals surface area contributed by atoms with Crippen LogP contribution in [0.2, 0.25) is 5.02 Å². The molecule has 10 heteroatoms. The summed E-state index contributed by atoms with van der Waals surface area (Å²) in [5.74, 6) is -0.888. The Morgan fingerprint density at radius 3 is 2.59 bits per heavy atom. The molecule has 2 aromatic carbocycles. The number of carbonyl (C=O) groups is 1. The summed E-state index contributed by atoms with van der Waals surface area (Å²) in [7, 11) is -3.64. The minimum Gasteiger partial charge on any atom is -0.433 e. The molecule has 0 radical (unpaired) electrons. The second-order valence-electron chi connectivity index (χ2n) is 6.45. The van der Waals surface area contributed by atoms with Crippen molar-refractivity contribution in [3.8, 4) is 5.75 Å². The van der Waals surface area contributed by atoms with Gasteiger partial charge in [0.05, 0.1) is 10.8 Å². The average molecular weight is 445 g/mol. The van der Waals surface area contributed by atoms with Gasteiger partial charge < -0.3 is 10.1 Å². The Balaban J connectivity index is 1.85. The Morgan fingerprint density at radius 2 is 1.97 bits per heavy atom. The van der Waals surface area contributed by atoms with E-state index in [4.69, 9.17) is 11.6 Å². The number of fused-ring (bicyclic) bond motifs is 1. The molecule has 1 unspecified atom stereocenters. The van der Waals surface area contributed by atoms with Crippen molar-refractivity contribution in [1.82, 2.24) is 4.31 Å². The van der Waals surface area contributed by atoms with E-state index in [0.717, 1.165) is 11.1 Å². The molecule has 6 nitrogen and oxygen atoms in total. The van der Waals surface area contributed by atoms with Crippen molar-refractivity contribution in [2.24, 2.45) is 0 Å². The Kier molecular flexibility index (Phi) is 6.40. The maximum Gasteiger partial charge on any atom is 0.387 e. The third-order valence-corrected chi connectivity index (χ3v) is 6.77. The fraction of sp³-hybridized carbons (Fsp3) is 0.316. The van der Waals surface area contributed by atoms with Crippen LogP contribution in [0.4, 0.5) is 14.5 Å². The Hall–Kier alpha value is -2.23. The van der Waals surface area contributed by atoms with E-state index in [1.54, 1.807) is 0 Å². The molecular formula is C19H19ClF2N2O4S. The number of nitrogens with one attached hydrogen (secondary N) is 1. The quantitative estimate of drug-likeness (QED) is 0.737. The van der Waals surface area contributed by atoms with E-state index in [1.807, 2.05) is 24.3 Å². The first kappa shape index (κ1) is 21.5. The number of ether oxygens (including phenoxy) is 1. The molecule has 0 saturated carbocycles. The predicted octanol–water partition coefficient (Wildman–Crippen LogP) is 3.66. The van der Waals surface area contributed by atoms with Gasteiger partial charge in [-0.3, -0.25) is 4.79 Å². The number of benzene rings is 2. The largest absolute Gasteiger partial charge is 0.433 e. The zero-order valence-electron chi connectivity index (χ0n) is 15.4. The maximum atomic E-state index is 12.9. The molecule has 1 heterocycles. The van der Waals surface area contributed by atoms with Crippen LogP contribution >= 0.6 is 11.6 Å². The van der Waals surface area contributed by atoms with Gasteiger partial charge in [-0.05, 0) is 42.7 Å². The molecule has 156 valence electrons. The highest BCUT2D eigenvalue weighted by Gasteiger charge is 2.38. The highest BCUT2D eigenvalue weighted by molar-refractivity contribution is 7.89. The van der Waals surface area contributed by atoms with Crippen molar-refractivity contribution >= 4 is 33.2 Å². The van der Waals surface area contributed by atoms with Crippen molar-refractivity contribution in [2.75, 3.05) is 11.1 Å². The SMILES string of the molecule is CCS(=O)(=O)N1Cc2ccccc2CC1C(=O)Nc1ccc(OC(F)F)c(Cl)c1. The summed E-state index contributed by atoms with van der Waals surface area (Å²) in [4.78, 5) is 12.9. The Morgan fingerprint density at radius 1 is 1.28 bits per heavy atom. The molecule has 0 aliphatic carbocycles. The number of carbonyl (C=O) groups excluding carboxylic acids is 1. The van der Waals surface area contributed by atoms with E-state index in [0.29, 0.717) is 0 Å². The van der Waals surface area contributed by atoms with Crippen LogP contribution in [0.3, 0.4) is 0 Å². The fourth-order valence-corrected chi connectivity index (χ4v) is 4.63. The van der Waals surface area contributed by atoms with Crippen molar-refractivity contribution in [3.63, 3.8) is 0 Å². The van der Waals surface area contributed by atoms with E-state index >= 15 is 0 Å². The van der Waals surface area contributed by atoms with E-state index in [-0.39, 0.29) is 35.2 Å². The molecule has 0 fully saturated rings. The summed E-state index contributed by atoms with van der Waals surface area (Å²) >= 11 is 5.92. The van der Waals surface area contributed by atoms with E-state index in [9.17, 15) is 22.0 Å². The monoisotopic (exact) mass is 444 g/mol. The van der Waals surface area contributed by atoms with Gasteiger partial charge in [0.15, 0.2) is 0 Å². The first-order valence-electron chi connectivity index (χ1n) is 8.82. The van der Waals surface area contributed by atoms with Crippen molar-refractivity contribution < 1.29 is 26.7 Å². The number of anilines is 1. The first-order chi connectivity index (χ1) is 13.7. The Labute approximate surface area is 172 Å². The van der Waals surface area contributed by atoms with Crippen LogP contribution in [-0.2, 0) is 27.8 Å². The summed E-state index contributed by atoms with van der Waals surface area (Å²) in [6, 6.07) is 10.2. The van der Waals surface area contributed by atoms with Gasteiger partial charge in [-0.1, -0.05) is 35.9 Å². The van der Waals surface area contributed by atoms with Gasteiger partial charge in [0.25, 0.3) is 0 Å². The third kappa shape index (κ3) is 4.85. The van der Waals surface area contributed by atoms with Crippen LogP contribution in [0, 0.1) is 0 Å². The van der Waals surface area contributed by atoms with Crippen LogP contribution in [-0.4, -0.2) is 37.0 Å². The zero-order valence-corrected chi connectivity index (χ0v) is 17.0. The lowest BCUT2D eigenvalue weighted by Gasteiger charge is -2.34. The van der Waals surface area contributed by atoms with Gasteiger partial charge in [0.1, 0.15) is 11.8 Å². The lowest BCUT2D eigenvalue weighted by atomic mass is 9.95. The van der Waals surface area contributed by atoms with Crippen molar-refractivity contribution in [2.45, 2.75) is 32.5 Å². The van der Waals surface area contributed by atoms with Crippen LogP contribution in [0.15, 0.2) is 42.5 Å². The Bertz CT molecular complexity index is 1020. The summed E-state index contributed by atoms with van der Waals surface area (Å²) < 4.78 is 55.3. The molecule has 29 heavy (non-hydrogen) atoms. The maximum absolute atomic E-state index is 12.9. The molecule has 3 rings (SSSR count). The number of sulfonamides is 1. The average Bonchev–Trinajstić information content (AvgIpc) is 2.68. The van der Waals surface area contributed by atoms with Crippen LogP contribution < -0.4 is 10.1 Å². The first-order valence-corrected chi connectivity index (χ1v) is 10.8. The lowest BCUT2D eigenvalue weighted by molar-refractivity contribution is -0.120. The van der Waals surface area contributed by atoms with Gasteiger partial charge >= 0.3 is 6.61 Å². The molecule has 2 aromatic rings. The van der Waals surface area contributed by atoms with E-state index in [1.165, 1.54) is 29.4 Å². The molecule has 1 aliphatic heterocycles. The second-order valence-corrected chi connectivity index (χ2v) is 9.06. The minimum atomic E-state index is -3.64. The number of rotatable bonds is 6. The normalized spacial score (nSPS) is 17.1. The second kappa shape index (κ2) is 8.64. The van der Waals surface area contributed by atoms with Gasteiger partial charge in [-0.25, -0.2) is 8.42 Å². The molecule has 0 aromatic heterocycles. The third-order valence-electron chi connectivity index (χ3n) is 4.65. The van der Waals surface area contributed by atoms with E-state index in [2.05, 4.69) is 10.1 Å². The topological polar surface area (TPSA) is 75.7 Å². The van der Waals surface area contributed by atoms with Gasteiger partial charge in [0, 0.05) is 12.2 Å². The smallest absolute Gasteiger partial charge is 0.387 e. The van der Waals surface area contributed by atoms with Crippen LogP contribution in [0.5, 0.6) is 5.75 Å².